The molecule has 0 saturated heterocycles. The summed E-state index contributed by atoms with van der Waals surface area (Å²) < 4.78 is 1.69. The molecule has 0 aliphatic rings. The fourth-order valence-electron chi connectivity index (χ4n) is 0.657. The molecule has 0 aromatic carbocycles. The molecular formula is C7H13N3OS. The van der Waals surface area contributed by atoms with Crippen LogP contribution in [0.4, 0.5) is 0 Å². The van der Waals surface area contributed by atoms with Crippen molar-refractivity contribution >= 4 is 11.8 Å². The Morgan fingerprint density at radius 2 is 2.33 bits per heavy atom. The van der Waals surface area contributed by atoms with Crippen molar-refractivity contribution < 1.29 is 5.11 Å². The molecule has 68 valence electrons. The molecule has 1 aromatic rings. The Morgan fingerprint density at radius 3 is 2.75 bits per heavy atom. The van der Waals surface area contributed by atoms with Gasteiger partial charge in [-0.05, 0) is 13.8 Å². The van der Waals surface area contributed by atoms with E-state index < -0.39 is 5.60 Å². The SMILES string of the molecule is Cn1ncnc1SCC(C)(C)O. The molecule has 0 amide bonds. The molecule has 0 atom stereocenters. The van der Waals surface area contributed by atoms with Gasteiger partial charge in [0.1, 0.15) is 6.33 Å². The quantitative estimate of drug-likeness (QED) is 0.707. The Kier molecular flexibility index (Phi) is 2.74. The normalized spacial score (nSPS) is 12.0. The van der Waals surface area contributed by atoms with Crippen molar-refractivity contribution in [2.24, 2.45) is 7.05 Å². The van der Waals surface area contributed by atoms with Gasteiger partial charge in [0, 0.05) is 12.8 Å². The van der Waals surface area contributed by atoms with E-state index in [0.29, 0.717) is 5.75 Å². The van der Waals surface area contributed by atoms with Gasteiger partial charge in [0.05, 0.1) is 5.60 Å². The lowest BCUT2D eigenvalue weighted by atomic mass is 10.2. The van der Waals surface area contributed by atoms with E-state index in [2.05, 4.69) is 10.1 Å². The molecular weight excluding hydrogens is 174 g/mol. The van der Waals surface area contributed by atoms with Crippen LogP contribution in [-0.2, 0) is 7.05 Å². The second-order valence-electron chi connectivity index (χ2n) is 3.27. The lowest BCUT2D eigenvalue weighted by Gasteiger charge is -2.15. The van der Waals surface area contributed by atoms with Crippen molar-refractivity contribution in [3.8, 4) is 0 Å². The molecule has 0 spiro atoms. The zero-order valence-electron chi connectivity index (χ0n) is 7.48. The molecule has 0 fully saturated rings. The monoisotopic (exact) mass is 187 g/mol. The van der Waals surface area contributed by atoms with Gasteiger partial charge in [0.2, 0.25) is 0 Å². The molecule has 0 bridgehead atoms. The zero-order chi connectivity index (χ0) is 9.19. The maximum Gasteiger partial charge on any atom is 0.185 e. The van der Waals surface area contributed by atoms with Crippen LogP contribution in [-0.4, -0.2) is 31.2 Å². The maximum absolute atomic E-state index is 9.43. The molecule has 4 nitrogen and oxygen atoms in total. The van der Waals surface area contributed by atoms with Crippen LogP contribution >= 0.6 is 11.8 Å². The number of thioether (sulfide) groups is 1. The van der Waals surface area contributed by atoms with Crippen molar-refractivity contribution in [3.63, 3.8) is 0 Å². The Bertz CT molecular complexity index is 253. The van der Waals surface area contributed by atoms with Gasteiger partial charge in [-0.2, -0.15) is 5.10 Å². The third kappa shape index (κ3) is 2.83. The van der Waals surface area contributed by atoms with Crippen LogP contribution in [0.25, 0.3) is 0 Å². The smallest absolute Gasteiger partial charge is 0.185 e. The Balaban J connectivity index is 2.49. The number of aryl methyl sites for hydroxylation is 1. The largest absolute Gasteiger partial charge is 0.390 e. The summed E-state index contributed by atoms with van der Waals surface area (Å²) in [7, 11) is 1.83. The first-order chi connectivity index (χ1) is 5.49. The Hall–Kier alpha value is -0.550. The molecule has 1 rings (SSSR count). The van der Waals surface area contributed by atoms with E-state index in [0.717, 1.165) is 5.16 Å². The first-order valence-corrected chi connectivity index (χ1v) is 4.67. The molecule has 1 heterocycles. The summed E-state index contributed by atoms with van der Waals surface area (Å²) in [6, 6.07) is 0. The van der Waals surface area contributed by atoms with Gasteiger partial charge in [-0.1, -0.05) is 11.8 Å². The number of nitrogens with zero attached hydrogens (tertiary/aromatic N) is 3. The van der Waals surface area contributed by atoms with Crippen molar-refractivity contribution in [1.29, 1.82) is 0 Å². The second-order valence-corrected chi connectivity index (χ2v) is 4.21. The lowest BCUT2D eigenvalue weighted by Crippen LogP contribution is -2.22. The summed E-state index contributed by atoms with van der Waals surface area (Å²) in [6.45, 7) is 3.55. The van der Waals surface area contributed by atoms with E-state index in [-0.39, 0.29) is 0 Å². The number of hydrogen-bond donors (Lipinski definition) is 1. The van der Waals surface area contributed by atoms with Crippen LogP contribution in [0.1, 0.15) is 13.8 Å². The summed E-state index contributed by atoms with van der Waals surface area (Å²) >= 11 is 1.50. The lowest BCUT2D eigenvalue weighted by molar-refractivity contribution is 0.107. The predicted molar refractivity (Wildman–Crippen MR) is 48.0 cm³/mol. The predicted octanol–water partition coefficient (Wildman–Crippen LogP) is 0.678. The number of aromatic nitrogens is 3. The number of aliphatic hydroxyl groups is 1. The average Bonchev–Trinajstić information content (AvgIpc) is 2.29. The summed E-state index contributed by atoms with van der Waals surface area (Å²) in [5.74, 6) is 0.625. The minimum absolute atomic E-state index is 0.625. The molecule has 12 heavy (non-hydrogen) atoms. The fourth-order valence-corrected chi connectivity index (χ4v) is 1.50. The summed E-state index contributed by atoms with van der Waals surface area (Å²) in [5.41, 5.74) is -0.656. The van der Waals surface area contributed by atoms with E-state index in [1.54, 1.807) is 18.5 Å². The number of rotatable bonds is 3. The third-order valence-electron chi connectivity index (χ3n) is 1.22. The van der Waals surface area contributed by atoms with Gasteiger partial charge in [-0.25, -0.2) is 9.67 Å². The van der Waals surface area contributed by atoms with Gasteiger partial charge < -0.3 is 5.11 Å². The van der Waals surface area contributed by atoms with Crippen molar-refractivity contribution in [3.05, 3.63) is 6.33 Å². The first-order valence-electron chi connectivity index (χ1n) is 3.68. The highest BCUT2D eigenvalue weighted by atomic mass is 32.2. The Morgan fingerprint density at radius 1 is 1.67 bits per heavy atom. The summed E-state index contributed by atoms with van der Waals surface area (Å²) in [5, 5.41) is 14.2. The molecule has 1 aromatic heterocycles. The van der Waals surface area contributed by atoms with Crippen molar-refractivity contribution in [2.45, 2.75) is 24.6 Å². The van der Waals surface area contributed by atoms with Gasteiger partial charge in [-0.3, -0.25) is 0 Å². The first kappa shape index (κ1) is 9.54. The fraction of sp³-hybridized carbons (Fsp3) is 0.714. The van der Waals surface area contributed by atoms with Crippen LogP contribution in [0.5, 0.6) is 0 Å². The highest BCUT2D eigenvalue weighted by Gasteiger charge is 2.14. The molecule has 0 aliphatic heterocycles. The molecule has 0 aliphatic carbocycles. The molecule has 0 saturated carbocycles. The maximum atomic E-state index is 9.43. The molecule has 0 radical (unpaired) electrons. The van der Waals surface area contributed by atoms with E-state index in [1.165, 1.54) is 18.1 Å². The van der Waals surface area contributed by atoms with Crippen LogP contribution < -0.4 is 0 Å². The van der Waals surface area contributed by atoms with Crippen LogP contribution in [0, 0.1) is 0 Å². The van der Waals surface area contributed by atoms with Gasteiger partial charge in [-0.15, -0.1) is 0 Å². The zero-order valence-corrected chi connectivity index (χ0v) is 8.30. The second kappa shape index (κ2) is 3.45. The van der Waals surface area contributed by atoms with E-state index in [9.17, 15) is 5.11 Å². The minimum atomic E-state index is -0.656. The van der Waals surface area contributed by atoms with E-state index in [4.69, 9.17) is 0 Å². The standard InChI is InChI=1S/C7H13N3OS/c1-7(2,11)4-12-6-8-5-9-10(6)3/h5,11H,4H2,1-3H3. The minimum Gasteiger partial charge on any atom is -0.390 e. The highest BCUT2D eigenvalue weighted by molar-refractivity contribution is 7.99. The molecule has 0 unspecified atom stereocenters. The summed E-state index contributed by atoms with van der Waals surface area (Å²) in [4.78, 5) is 4.02. The number of hydrogen-bond acceptors (Lipinski definition) is 4. The van der Waals surface area contributed by atoms with Gasteiger partial charge in [0.25, 0.3) is 0 Å². The Labute approximate surface area is 76.0 Å². The topological polar surface area (TPSA) is 50.9 Å². The third-order valence-corrected chi connectivity index (χ3v) is 2.70. The van der Waals surface area contributed by atoms with Crippen LogP contribution in [0.15, 0.2) is 11.5 Å². The molecule has 1 N–H and O–H groups in total. The summed E-state index contributed by atoms with van der Waals surface area (Å²) in [6.07, 6.45) is 1.51. The van der Waals surface area contributed by atoms with Gasteiger partial charge in [0.15, 0.2) is 5.16 Å². The van der Waals surface area contributed by atoms with Crippen molar-refractivity contribution in [1.82, 2.24) is 14.8 Å². The average molecular weight is 187 g/mol. The van der Waals surface area contributed by atoms with E-state index in [1.807, 2.05) is 7.05 Å². The van der Waals surface area contributed by atoms with E-state index >= 15 is 0 Å². The van der Waals surface area contributed by atoms with Gasteiger partial charge >= 0.3 is 0 Å². The molecule has 5 heteroatoms. The van der Waals surface area contributed by atoms with Crippen LogP contribution in [0.3, 0.4) is 0 Å². The highest BCUT2D eigenvalue weighted by Crippen LogP contribution is 2.18. The van der Waals surface area contributed by atoms with Crippen molar-refractivity contribution in [2.75, 3.05) is 5.75 Å². The van der Waals surface area contributed by atoms with Crippen LogP contribution in [0.2, 0.25) is 0 Å².